The Labute approximate surface area is 213 Å². The molecule has 0 radical (unpaired) electrons. The average Bonchev–Trinajstić information content (AvgIpc) is 3.35. The number of amides is 2. The normalized spacial score (nSPS) is 35.3. The number of nitrogens with zero attached hydrogens (tertiary/aromatic N) is 3. The molecule has 6 atom stereocenters. The fourth-order valence-electron chi connectivity index (χ4n) is 8.02. The Balaban J connectivity index is 1.04. The van der Waals surface area contributed by atoms with E-state index in [0.29, 0.717) is 48.3 Å². The van der Waals surface area contributed by atoms with Crippen molar-refractivity contribution in [1.29, 1.82) is 5.26 Å². The van der Waals surface area contributed by atoms with Crippen LogP contribution in [0.25, 0.3) is 0 Å². The molecule has 5 unspecified atom stereocenters. The summed E-state index contributed by atoms with van der Waals surface area (Å²) >= 11 is 0. The van der Waals surface area contributed by atoms with Crippen molar-refractivity contribution < 1.29 is 14.3 Å². The summed E-state index contributed by atoms with van der Waals surface area (Å²) in [5.41, 5.74) is 0.286. The average molecular weight is 492 g/mol. The maximum Gasteiger partial charge on any atom is 0.410 e. The second-order valence-electron chi connectivity index (χ2n) is 12.0. The third-order valence-electron chi connectivity index (χ3n) is 9.54. The number of anilines is 1. The van der Waals surface area contributed by atoms with Crippen molar-refractivity contribution in [3.63, 3.8) is 0 Å². The zero-order chi connectivity index (χ0) is 24.7. The van der Waals surface area contributed by atoms with Gasteiger partial charge in [0.15, 0.2) is 0 Å². The lowest BCUT2D eigenvalue weighted by Crippen LogP contribution is -2.60. The highest BCUT2D eigenvalue weighted by Gasteiger charge is 2.59. The molecule has 1 aromatic rings. The van der Waals surface area contributed by atoms with Gasteiger partial charge in [-0.05, 0) is 81.3 Å². The summed E-state index contributed by atoms with van der Waals surface area (Å²) < 4.78 is 6.19. The van der Waals surface area contributed by atoms with Crippen LogP contribution in [0.3, 0.4) is 0 Å². The molecular formula is C28H37N5O3. The van der Waals surface area contributed by atoms with Gasteiger partial charge in [-0.15, -0.1) is 0 Å². The van der Waals surface area contributed by atoms with E-state index in [1.807, 2.05) is 0 Å². The number of aromatic nitrogens is 1. The smallest absolute Gasteiger partial charge is 0.410 e. The van der Waals surface area contributed by atoms with Crippen molar-refractivity contribution in [2.45, 2.75) is 88.8 Å². The van der Waals surface area contributed by atoms with E-state index in [4.69, 9.17) is 10.00 Å². The molecule has 36 heavy (non-hydrogen) atoms. The first-order valence-electron chi connectivity index (χ1n) is 13.9. The Bertz CT molecular complexity index is 1010. The maximum absolute atomic E-state index is 13.5. The van der Waals surface area contributed by atoms with Gasteiger partial charge in [-0.2, -0.15) is 5.26 Å². The largest absolute Gasteiger partial charge is 0.446 e. The van der Waals surface area contributed by atoms with Gasteiger partial charge in [-0.25, -0.2) is 9.78 Å². The quantitative estimate of drug-likeness (QED) is 0.639. The number of hydrogen-bond donors (Lipinski definition) is 2. The molecular weight excluding hydrogens is 454 g/mol. The van der Waals surface area contributed by atoms with E-state index in [2.05, 4.69) is 21.7 Å². The van der Waals surface area contributed by atoms with Crippen LogP contribution in [0.5, 0.6) is 0 Å². The molecule has 1 aromatic heterocycles. The van der Waals surface area contributed by atoms with Gasteiger partial charge in [0.25, 0.3) is 0 Å². The van der Waals surface area contributed by atoms with Crippen LogP contribution < -0.4 is 10.6 Å². The van der Waals surface area contributed by atoms with Gasteiger partial charge in [-0.3, -0.25) is 4.79 Å². The minimum absolute atomic E-state index is 0.0585. The van der Waals surface area contributed by atoms with Crippen molar-refractivity contribution in [3.05, 3.63) is 23.9 Å². The Kier molecular flexibility index (Phi) is 6.27. The fraction of sp³-hybridized carbons (Fsp3) is 0.714. The minimum atomic E-state index is -0.242. The van der Waals surface area contributed by atoms with Gasteiger partial charge in [-0.1, -0.05) is 19.3 Å². The molecule has 5 saturated carbocycles. The molecule has 2 heterocycles. The maximum atomic E-state index is 13.5. The van der Waals surface area contributed by atoms with Gasteiger partial charge >= 0.3 is 6.09 Å². The van der Waals surface area contributed by atoms with Crippen LogP contribution in [0.15, 0.2) is 18.3 Å². The van der Waals surface area contributed by atoms with Crippen molar-refractivity contribution in [2.75, 3.05) is 18.4 Å². The van der Waals surface area contributed by atoms with E-state index in [1.54, 1.807) is 23.2 Å². The van der Waals surface area contributed by atoms with E-state index in [-0.39, 0.29) is 29.6 Å². The molecule has 0 aromatic carbocycles. The van der Waals surface area contributed by atoms with Gasteiger partial charge < -0.3 is 20.3 Å². The van der Waals surface area contributed by atoms with Crippen molar-refractivity contribution in [1.82, 2.24) is 15.2 Å². The summed E-state index contributed by atoms with van der Waals surface area (Å²) in [6.07, 6.45) is 13.0. The summed E-state index contributed by atoms with van der Waals surface area (Å²) in [7, 11) is 0. The number of carbonyl (C=O) groups is 2. The molecule has 1 saturated heterocycles. The zero-order valence-corrected chi connectivity index (χ0v) is 21.0. The fourth-order valence-corrected chi connectivity index (χ4v) is 8.02. The number of nitriles is 1. The third kappa shape index (κ3) is 4.53. The zero-order valence-electron chi connectivity index (χ0n) is 21.0. The first-order valence-corrected chi connectivity index (χ1v) is 13.9. The van der Waals surface area contributed by atoms with Gasteiger partial charge in [0.05, 0.1) is 11.0 Å². The molecule has 2 N–H and O–H groups in total. The monoisotopic (exact) mass is 491 g/mol. The first kappa shape index (κ1) is 23.6. The van der Waals surface area contributed by atoms with Crippen LogP contribution in [-0.4, -0.2) is 53.2 Å². The van der Waals surface area contributed by atoms with Crippen molar-refractivity contribution in [2.24, 2.45) is 23.2 Å². The number of carbonyl (C=O) groups excluding carboxylic acids is 2. The second-order valence-corrected chi connectivity index (χ2v) is 12.0. The molecule has 8 heteroatoms. The van der Waals surface area contributed by atoms with Crippen LogP contribution in [0.4, 0.5) is 10.6 Å². The highest BCUT2D eigenvalue weighted by molar-refractivity contribution is 5.83. The predicted octanol–water partition coefficient (Wildman–Crippen LogP) is 4.22. The molecule has 1 aliphatic heterocycles. The number of rotatable bonds is 5. The van der Waals surface area contributed by atoms with E-state index < -0.39 is 0 Å². The standard InChI is InChI=1S/C28H37N5O3/c29-15-18-6-7-24(30-16-18)31-23-8-9-33(17-23)27(35)36-25-20-10-19-11-21(25)14-28(12-19,13-20)26(34)32-22-4-2-1-3-5-22/h6-7,16,19-23,25H,1-5,8-14,17H2,(H,30,31)(H,32,34)/t19?,20-,21?,23?,25?,28?/m1/s1. The number of hydrogen-bond acceptors (Lipinski definition) is 6. The van der Waals surface area contributed by atoms with Crippen molar-refractivity contribution >= 4 is 17.8 Å². The lowest BCUT2D eigenvalue weighted by Gasteiger charge is -2.58. The third-order valence-corrected chi connectivity index (χ3v) is 9.54. The Hall–Kier alpha value is -2.82. The van der Waals surface area contributed by atoms with Crippen LogP contribution in [-0.2, 0) is 9.53 Å². The van der Waals surface area contributed by atoms with Crippen LogP contribution in [0.1, 0.15) is 76.2 Å². The van der Waals surface area contributed by atoms with Gasteiger partial charge in [0.1, 0.15) is 18.0 Å². The van der Waals surface area contributed by atoms with E-state index in [9.17, 15) is 9.59 Å². The summed E-state index contributed by atoms with van der Waals surface area (Å²) in [6.45, 7) is 1.24. The highest BCUT2D eigenvalue weighted by atomic mass is 16.6. The predicted molar refractivity (Wildman–Crippen MR) is 134 cm³/mol. The lowest BCUT2D eigenvalue weighted by atomic mass is 9.48. The molecule has 7 rings (SSSR count). The molecule has 4 bridgehead atoms. The van der Waals surface area contributed by atoms with Gasteiger partial charge in [0, 0.05) is 31.4 Å². The topological polar surface area (TPSA) is 107 Å². The summed E-state index contributed by atoms with van der Waals surface area (Å²) in [6, 6.07) is 6.08. The molecule has 192 valence electrons. The molecule has 5 aliphatic carbocycles. The van der Waals surface area contributed by atoms with Crippen molar-refractivity contribution in [3.8, 4) is 6.07 Å². The Morgan fingerprint density at radius 3 is 2.53 bits per heavy atom. The molecule has 0 spiro atoms. The number of pyridine rings is 1. The van der Waals surface area contributed by atoms with E-state index >= 15 is 0 Å². The van der Waals surface area contributed by atoms with Crippen LogP contribution >= 0.6 is 0 Å². The molecule has 8 nitrogen and oxygen atoms in total. The Morgan fingerprint density at radius 1 is 1.06 bits per heavy atom. The SMILES string of the molecule is N#Cc1ccc(NC2CCN(C(=O)OC3C4CC5C[C@@H]3CC(C(=O)NC3CCCCC3)(C5)C4)C2)nc1. The number of likely N-dealkylation sites (tertiary alicyclic amines) is 1. The van der Waals surface area contributed by atoms with E-state index in [1.165, 1.54) is 19.3 Å². The van der Waals surface area contributed by atoms with Crippen LogP contribution in [0, 0.1) is 34.5 Å². The summed E-state index contributed by atoms with van der Waals surface area (Å²) in [4.78, 5) is 32.7. The molecule has 6 fully saturated rings. The first-order chi connectivity index (χ1) is 17.5. The van der Waals surface area contributed by atoms with Crippen LogP contribution in [0.2, 0.25) is 0 Å². The molecule has 6 aliphatic rings. The second kappa shape index (κ2) is 9.57. The summed E-state index contributed by atoms with van der Waals surface area (Å²) in [5.74, 6) is 2.19. The Morgan fingerprint density at radius 2 is 1.83 bits per heavy atom. The summed E-state index contributed by atoms with van der Waals surface area (Å²) in [5, 5.41) is 15.7. The highest BCUT2D eigenvalue weighted by Crippen LogP contribution is 2.61. The number of ether oxygens (including phenoxy) is 1. The van der Waals surface area contributed by atoms with E-state index in [0.717, 1.165) is 51.4 Å². The lowest BCUT2D eigenvalue weighted by molar-refractivity contribution is -0.165. The molecule has 2 amide bonds. The van der Waals surface area contributed by atoms with Gasteiger partial charge in [0.2, 0.25) is 5.91 Å². The number of nitrogens with one attached hydrogen (secondary N) is 2. The minimum Gasteiger partial charge on any atom is -0.446 e.